The molecule has 1 aliphatic heterocycles. The van der Waals surface area contributed by atoms with Gasteiger partial charge in [0.2, 0.25) is 0 Å². The van der Waals surface area contributed by atoms with E-state index in [1.165, 1.54) is 7.05 Å². The molecule has 0 aromatic carbocycles. The standard InChI is InChI=1S/C12H24F2N4O2/c1-16-12(19)17-10-4-11(8-20-3-2-13)18(7-10)6-9(14)5-15/h9-11H,2-8,15H2,1H3,(H2,16,17,19)/t9-,10+,11-/m0/s1. The van der Waals surface area contributed by atoms with Crippen LogP contribution in [0.4, 0.5) is 13.6 Å². The molecule has 1 heterocycles. The number of carbonyl (C=O) groups excluding carboxylic acids is 1. The van der Waals surface area contributed by atoms with E-state index in [1.54, 1.807) is 0 Å². The summed E-state index contributed by atoms with van der Waals surface area (Å²) in [6.07, 6.45) is -0.464. The fraction of sp³-hybridized carbons (Fsp3) is 0.917. The van der Waals surface area contributed by atoms with E-state index >= 15 is 0 Å². The second-order valence-corrected chi connectivity index (χ2v) is 4.86. The van der Waals surface area contributed by atoms with Crippen LogP contribution in [-0.4, -0.2) is 75.8 Å². The van der Waals surface area contributed by atoms with Crippen molar-refractivity contribution >= 4 is 6.03 Å². The van der Waals surface area contributed by atoms with Crippen molar-refractivity contribution in [3.05, 3.63) is 0 Å². The molecule has 4 N–H and O–H groups in total. The van der Waals surface area contributed by atoms with Crippen molar-refractivity contribution in [2.75, 3.05) is 46.6 Å². The van der Waals surface area contributed by atoms with Gasteiger partial charge in [-0.3, -0.25) is 4.90 Å². The highest BCUT2D eigenvalue weighted by molar-refractivity contribution is 5.73. The van der Waals surface area contributed by atoms with E-state index < -0.39 is 12.8 Å². The second kappa shape index (κ2) is 9.04. The molecule has 2 amide bonds. The highest BCUT2D eigenvalue weighted by atomic mass is 19.1. The van der Waals surface area contributed by atoms with Gasteiger partial charge < -0.3 is 21.1 Å². The van der Waals surface area contributed by atoms with Gasteiger partial charge in [-0.05, 0) is 6.42 Å². The first-order chi connectivity index (χ1) is 9.60. The summed E-state index contributed by atoms with van der Waals surface area (Å²) >= 11 is 0. The monoisotopic (exact) mass is 294 g/mol. The van der Waals surface area contributed by atoms with Crippen molar-refractivity contribution in [2.45, 2.75) is 24.7 Å². The van der Waals surface area contributed by atoms with Gasteiger partial charge in [-0.25, -0.2) is 13.6 Å². The molecule has 0 bridgehead atoms. The third kappa shape index (κ3) is 5.56. The van der Waals surface area contributed by atoms with Crippen molar-refractivity contribution < 1.29 is 18.3 Å². The lowest BCUT2D eigenvalue weighted by Crippen LogP contribution is -2.43. The molecule has 20 heavy (non-hydrogen) atoms. The summed E-state index contributed by atoms with van der Waals surface area (Å²) in [5.41, 5.74) is 5.29. The Hall–Kier alpha value is -0.990. The van der Waals surface area contributed by atoms with Crippen LogP contribution in [0.3, 0.4) is 0 Å². The molecule has 0 spiro atoms. The van der Waals surface area contributed by atoms with Crippen molar-refractivity contribution in [3.8, 4) is 0 Å². The molecule has 0 saturated carbocycles. The molecule has 0 radical (unpaired) electrons. The van der Waals surface area contributed by atoms with Gasteiger partial charge >= 0.3 is 6.03 Å². The van der Waals surface area contributed by atoms with Gasteiger partial charge in [0.15, 0.2) is 0 Å². The zero-order valence-electron chi connectivity index (χ0n) is 11.8. The minimum atomic E-state index is -1.11. The number of nitrogens with zero attached hydrogens (tertiary/aromatic N) is 1. The molecular weight excluding hydrogens is 270 g/mol. The summed E-state index contributed by atoms with van der Waals surface area (Å²) in [7, 11) is 1.54. The summed E-state index contributed by atoms with van der Waals surface area (Å²) in [4.78, 5) is 13.2. The molecule has 0 aliphatic carbocycles. The van der Waals surface area contributed by atoms with E-state index in [-0.39, 0.29) is 37.8 Å². The van der Waals surface area contributed by atoms with Crippen molar-refractivity contribution in [3.63, 3.8) is 0 Å². The maximum absolute atomic E-state index is 13.4. The van der Waals surface area contributed by atoms with Crippen LogP contribution in [0.1, 0.15) is 6.42 Å². The van der Waals surface area contributed by atoms with Gasteiger partial charge in [0.05, 0.1) is 13.2 Å². The van der Waals surface area contributed by atoms with Crippen molar-refractivity contribution in [1.82, 2.24) is 15.5 Å². The second-order valence-electron chi connectivity index (χ2n) is 4.86. The van der Waals surface area contributed by atoms with E-state index in [2.05, 4.69) is 10.6 Å². The summed E-state index contributed by atoms with van der Waals surface area (Å²) < 4.78 is 30.7. The SMILES string of the molecule is CNC(=O)N[C@@H]1C[C@@H](COCCF)N(C[C@@H](F)CN)C1. The predicted molar refractivity (Wildman–Crippen MR) is 72.1 cm³/mol. The van der Waals surface area contributed by atoms with Gasteiger partial charge in [0, 0.05) is 38.8 Å². The number of hydrogen-bond donors (Lipinski definition) is 3. The number of rotatable bonds is 8. The number of carbonyl (C=O) groups is 1. The van der Waals surface area contributed by atoms with Gasteiger partial charge in [0.1, 0.15) is 12.8 Å². The number of halogens is 2. The number of alkyl halides is 2. The molecule has 0 unspecified atom stereocenters. The quantitative estimate of drug-likeness (QED) is 0.534. The van der Waals surface area contributed by atoms with Gasteiger partial charge in [0.25, 0.3) is 0 Å². The Labute approximate surface area is 118 Å². The van der Waals surface area contributed by atoms with Crippen LogP contribution < -0.4 is 16.4 Å². The number of nitrogens with two attached hydrogens (primary N) is 1. The van der Waals surface area contributed by atoms with Gasteiger partial charge in [-0.2, -0.15) is 0 Å². The van der Waals surface area contributed by atoms with E-state index in [4.69, 9.17) is 10.5 Å². The Morgan fingerprint density at radius 3 is 2.95 bits per heavy atom. The van der Waals surface area contributed by atoms with Crippen molar-refractivity contribution in [1.29, 1.82) is 0 Å². The first kappa shape index (κ1) is 17.1. The smallest absolute Gasteiger partial charge is 0.314 e. The molecule has 6 nitrogen and oxygen atoms in total. The fourth-order valence-corrected chi connectivity index (χ4v) is 2.35. The maximum Gasteiger partial charge on any atom is 0.314 e. The molecule has 1 rings (SSSR count). The van der Waals surface area contributed by atoms with Crippen LogP contribution in [0.25, 0.3) is 0 Å². The first-order valence-corrected chi connectivity index (χ1v) is 6.80. The van der Waals surface area contributed by atoms with Gasteiger partial charge in [-0.1, -0.05) is 0 Å². The van der Waals surface area contributed by atoms with Crippen LogP contribution >= 0.6 is 0 Å². The predicted octanol–water partition coefficient (Wildman–Crippen LogP) is -0.359. The van der Waals surface area contributed by atoms with Crippen molar-refractivity contribution in [2.24, 2.45) is 5.73 Å². The molecule has 1 saturated heterocycles. The molecular formula is C12H24F2N4O2. The highest BCUT2D eigenvalue weighted by Gasteiger charge is 2.33. The van der Waals surface area contributed by atoms with E-state index in [9.17, 15) is 13.6 Å². The van der Waals surface area contributed by atoms with Crippen LogP contribution in [0.15, 0.2) is 0 Å². The van der Waals surface area contributed by atoms with Gasteiger partial charge in [-0.15, -0.1) is 0 Å². The Morgan fingerprint density at radius 2 is 2.35 bits per heavy atom. The molecule has 3 atom stereocenters. The molecule has 1 fully saturated rings. The van der Waals surface area contributed by atoms with E-state index in [0.717, 1.165) is 0 Å². The number of ether oxygens (including phenoxy) is 1. The zero-order chi connectivity index (χ0) is 15.0. The minimum absolute atomic E-state index is 0.0338. The third-order valence-electron chi connectivity index (χ3n) is 3.31. The summed E-state index contributed by atoms with van der Waals surface area (Å²) in [6.45, 7) is 0.522. The van der Waals surface area contributed by atoms with E-state index in [0.29, 0.717) is 19.6 Å². The normalized spacial score (nSPS) is 24.6. The Morgan fingerprint density at radius 1 is 1.60 bits per heavy atom. The first-order valence-electron chi connectivity index (χ1n) is 6.80. The van der Waals surface area contributed by atoms with Crippen LogP contribution in [-0.2, 0) is 4.74 Å². The molecule has 0 aromatic heterocycles. The Kier molecular flexibility index (Phi) is 7.71. The topological polar surface area (TPSA) is 79.6 Å². The highest BCUT2D eigenvalue weighted by Crippen LogP contribution is 2.19. The number of amides is 2. The molecule has 0 aromatic rings. The summed E-state index contributed by atoms with van der Waals surface area (Å²) in [6, 6.07) is -0.372. The lowest BCUT2D eigenvalue weighted by atomic mass is 10.2. The lowest BCUT2D eigenvalue weighted by Gasteiger charge is -2.25. The average Bonchev–Trinajstić information content (AvgIpc) is 2.80. The molecule has 1 aliphatic rings. The Bertz CT molecular complexity index is 297. The minimum Gasteiger partial charge on any atom is -0.377 e. The molecule has 118 valence electrons. The Balaban J connectivity index is 2.50. The maximum atomic E-state index is 13.4. The summed E-state index contributed by atoms with van der Waals surface area (Å²) in [5.74, 6) is 0. The number of likely N-dealkylation sites (tertiary alicyclic amines) is 1. The number of hydrogen-bond acceptors (Lipinski definition) is 4. The third-order valence-corrected chi connectivity index (χ3v) is 3.31. The summed E-state index contributed by atoms with van der Waals surface area (Å²) in [5, 5.41) is 5.28. The van der Waals surface area contributed by atoms with Crippen LogP contribution in [0, 0.1) is 0 Å². The fourth-order valence-electron chi connectivity index (χ4n) is 2.35. The van der Waals surface area contributed by atoms with Crippen LogP contribution in [0.5, 0.6) is 0 Å². The number of nitrogens with one attached hydrogen (secondary N) is 2. The molecule has 8 heteroatoms. The van der Waals surface area contributed by atoms with E-state index in [1.807, 2.05) is 4.90 Å². The number of urea groups is 1. The zero-order valence-corrected chi connectivity index (χ0v) is 11.8. The average molecular weight is 294 g/mol. The van der Waals surface area contributed by atoms with Crippen LogP contribution in [0.2, 0.25) is 0 Å². The largest absolute Gasteiger partial charge is 0.377 e. The lowest BCUT2D eigenvalue weighted by molar-refractivity contribution is 0.0607.